The van der Waals surface area contributed by atoms with Crippen molar-refractivity contribution in [2.75, 3.05) is 0 Å². The molecule has 0 aromatic carbocycles. The van der Waals surface area contributed by atoms with E-state index < -0.39 is 18.7 Å². The Morgan fingerprint density at radius 3 is 3.09 bits per heavy atom. The first kappa shape index (κ1) is 5.91. The molecule has 4 heteroatoms. The number of pyridine rings is 1. The second-order valence-corrected chi connectivity index (χ2v) is 1.85. The lowest BCUT2D eigenvalue weighted by Gasteiger charge is -2.03. The Morgan fingerprint density at radius 2 is 2.55 bits per heavy atom. The van der Waals surface area contributed by atoms with E-state index >= 15 is 0 Å². The van der Waals surface area contributed by atoms with E-state index in [0.717, 1.165) is 6.07 Å². The molecule has 1 aromatic heterocycles. The highest BCUT2D eigenvalue weighted by molar-refractivity contribution is 5.85. The fourth-order valence-corrected chi connectivity index (χ4v) is 0.627. The highest BCUT2D eigenvalue weighted by atomic mass is 35.5. The number of hydrogen-bond donors (Lipinski definition) is 1. The van der Waals surface area contributed by atoms with Crippen LogP contribution >= 0.6 is 12.4 Å². The topological polar surface area (TPSA) is 38.9 Å². The summed E-state index contributed by atoms with van der Waals surface area (Å²) in [7, 11) is 0. The van der Waals surface area contributed by atoms with Crippen molar-refractivity contribution in [3.63, 3.8) is 0 Å². The molecule has 0 radical (unpaired) electrons. The molecule has 0 bridgehead atoms. The van der Waals surface area contributed by atoms with Gasteiger partial charge in [0.05, 0.1) is 5.69 Å². The summed E-state index contributed by atoms with van der Waals surface area (Å²) in [6, 6.07) is 1.15. The van der Waals surface area contributed by atoms with Gasteiger partial charge in [-0.1, -0.05) is 0 Å². The van der Waals surface area contributed by atoms with Gasteiger partial charge < -0.3 is 5.73 Å². The quantitative estimate of drug-likeness (QED) is 0.712. The molecular formula is C7H10ClFN2. The van der Waals surface area contributed by atoms with Crippen molar-refractivity contribution >= 4 is 12.4 Å². The largest absolute Gasteiger partial charge is 0.323 e. The number of nitrogens with zero attached hydrogens (tertiary/aromatic N) is 1. The van der Waals surface area contributed by atoms with Crippen molar-refractivity contribution in [3.8, 4) is 0 Å². The van der Waals surface area contributed by atoms with E-state index in [2.05, 4.69) is 4.98 Å². The minimum Gasteiger partial charge on any atom is -0.323 e. The van der Waals surface area contributed by atoms with Gasteiger partial charge >= 0.3 is 0 Å². The van der Waals surface area contributed by atoms with E-state index in [1.54, 1.807) is 0 Å². The third kappa shape index (κ3) is 2.44. The fraction of sp³-hybridized carbons (Fsp3) is 0.286. The minimum absolute atomic E-state index is 0. The molecule has 0 aliphatic rings. The number of aromatic nitrogens is 1. The molecule has 2 nitrogen and oxygen atoms in total. The van der Waals surface area contributed by atoms with Crippen LogP contribution in [-0.4, -0.2) is 4.98 Å². The number of halogens is 2. The highest BCUT2D eigenvalue weighted by Crippen LogP contribution is 2.09. The Labute approximate surface area is 75.3 Å². The van der Waals surface area contributed by atoms with Crippen LogP contribution in [0.1, 0.15) is 22.7 Å². The molecule has 1 aromatic rings. The van der Waals surface area contributed by atoms with Crippen LogP contribution in [0.25, 0.3) is 0 Å². The molecule has 1 heterocycles. The number of hydrogen-bond acceptors (Lipinski definition) is 2. The van der Waals surface area contributed by atoms with Crippen LogP contribution in [0.3, 0.4) is 0 Å². The SMILES string of the molecule is Cl.[2H]C([2H])([2H])[C@@H](N)c1ncccc1F. The third-order valence-corrected chi connectivity index (χ3v) is 1.08. The maximum absolute atomic E-state index is 13.0. The summed E-state index contributed by atoms with van der Waals surface area (Å²) in [5.41, 5.74) is 5.09. The summed E-state index contributed by atoms with van der Waals surface area (Å²) in [5, 5.41) is 0. The zero-order valence-electron chi connectivity index (χ0n) is 8.62. The maximum Gasteiger partial charge on any atom is 0.146 e. The van der Waals surface area contributed by atoms with Gasteiger partial charge in [-0.3, -0.25) is 4.98 Å². The smallest absolute Gasteiger partial charge is 0.146 e. The molecule has 1 rings (SSSR count). The predicted octanol–water partition coefficient (Wildman–Crippen LogP) is 1.66. The van der Waals surface area contributed by atoms with Gasteiger partial charge in [-0.05, 0) is 19.0 Å². The van der Waals surface area contributed by atoms with Crippen LogP contribution in [0.2, 0.25) is 0 Å². The van der Waals surface area contributed by atoms with Crippen LogP contribution < -0.4 is 5.73 Å². The minimum atomic E-state index is -2.42. The second-order valence-electron chi connectivity index (χ2n) is 1.85. The lowest BCUT2D eigenvalue weighted by molar-refractivity contribution is 0.579. The molecule has 0 saturated heterocycles. The van der Waals surface area contributed by atoms with Crippen LogP contribution in [0, 0.1) is 5.82 Å². The van der Waals surface area contributed by atoms with Crippen molar-refractivity contribution in [1.29, 1.82) is 0 Å². The van der Waals surface area contributed by atoms with E-state index in [1.807, 2.05) is 0 Å². The summed E-state index contributed by atoms with van der Waals surface area (Å²) < 4.78 is 33.9. The van der Waals surface area contributed by atoms with Gasteiger partial charge in [0.15, 0.2) is 0 Å². The summed E-state index contributed by atoms with van der Waals surface area (Å²) in [5.74, 6) is -0.689. The van der Waals surface area contributed by atoms with E-state index in [-0.39, 0.29) is 18.1 Å². The van der Waals surface area contributed by atoms with E-state index in [9.17, 15) is 4.39 Å². The van der Waals surface area contributed by atoms with Crippen molar-refractivity contribution in [2.45, 2.75) is 12.9 Å². The lowest BCUT2D eigenvalue weighted by atomic mass is 10.2. The monoisotopic (exact) mass is 179 g/mol. The van der Waals surface area contributed by atoms with E-state index in [0.29, 0.717) is 0 Å². The molecule has 0 aliphatic heterocycles. The molecule has 0 unspecified atom stereocenters. The third-order valence-electron chi connectivity index (χ3n) is 1.08. The van der Waals surface area contributed by atoms with Gasteiger partial charge in [-0.25, -0.2) is 4.39 Å². The first-order valence-corrected chi connectivity index (χ1v) is 2.79. The molecular weight excluding hydrogens is 167 g/mol. The molecule has 11 heavy (non-hydrogen) atoms. The summed E-state index contributed by atoms with van der Waals surface area (Å²) in [4.78, 5) is 3.58. The van der Waals surface area contributed by atoms with Gasteiger partial charge in [0.25, 0.3) is 0 Å². The van der Waals surface area contributed by atoms with E-state index in [4.69, 9.17) is 9.85 Å². The Hall–Kier alpha value is -0.670. The Bertz CT molecular complexity index is 305. The first-order chi connectivity index (χ1) is 5.93. The zero-order valence-corrected chi connectivity index (χ0v) is 6.44. The van der Waals surface area contributed by atoms with Crippen LogP contribution in [0.5, 0.6) is 0 Å². The van der Waals surface area contributed by atoms with Gasteiger partial charge in [-0.2, -0.15) is 0 Å². The number of nitrogens with two attached hydrogens (primary N) is 1. The molecule has 0 saturated carbocycles. The second kappa shape index (κ2) is 4.26. The maximum atomic E-state index is 13.0. The average molecular weight is 180 g/mol. The fourth-order valence-electron chi connectivity index (χ4n) is 0.627. The molecule has 2 N–H and O–H groups in total. The molecule has 62 valence electrons. The van der Waals surface area contributed by atoms with Crippen LogP contribution in [0.15, 0.2) is 18.3 Å². The van der Waals surface area contributed by atoms with Crippen molar-refractivity contribution < 1.29 is 8.50 Å². The Kier molecular flexibility index (Phi) is 2.29. The molecule has 0 amide bonds. The van der Waals surface area contributed by atoms with Crippen molar-refractivity contribution in [1.82, 2.24) is 4.98 Å². The predicted molar refractivity (Wildman–Crippen MR) is 44.0 cm³/mol. The molecule has 0 aliphatic carbocycles. The molecule has 0 spiro atoms. The number of rotatable bonds is 1. The van der Waals surface area contributed by atoms with Gasteiger partial charge in [-0.15, -0.1) is 12.4 Å². The zero-order chi connectivity index (χ0) is 10.1. The van der Waals surface area contributed by atoms with Crippen LogP contribution in [0.4, 0.5) is 4.39 Å². The van der Waals surface area contributed by atoms with Gasteiger partial charge in [0.1, 0.15) is 5.82 Å². The first-order valence-electron chi connectivity index (χ1n) is 4.29. The van der Waals surface area contributed by atoms with Crippen molar-refractivity contribution in [2.24, 2.45) is 5.73 Å². The molecule has 0 fully saturated rings. The van der Waals surface area contributed by atoms with E-state index in [1.165, 1.54) is 12.3 Å². The highest BCUT2D eigenvalue weighted by Gasteiger charge is 2.05. The average Bonchev–Trinajstić information content (AvgIpc) is 2.02. The summed E-state index contributed by atoms with van der Waals surface area (Å²) in [6.07, 6.45) is 1.31. The normalized spacial score (nSPS) is 17.1. The van der Waals surface area contributed by atoms with Crippen molar-refractivity contribution in [3.05, 3.63) is 29.8 Å². The lowest BCUT2D eigenvalue weighted by Crippen LogP contribution is -2.09. The van der Waals surface area contributed by atoms with Gasteiger partial charge in [0, 0.05) is 16.4 Å². The molecule has 1 atom stereocenters. The van der Waals surface area contributed by atoms with Gasteiger partial charge in [0.2, 0.25) is 0 Å². The Morgan fingerprint density at radius 1 is 1.82 bits per heavy atom. The standard InChI is InChI=1S/C7H9FN2.ClH/c1-5(9)7-6(8)3-2-4-10-7;/h2-5H,9H2,1H3;1H/t5-;/m1./s1/i1D3;. The summed E-state index contributed by atoms with van der Waals surface area (Å²) in [6.45, 7) is -2.42. The Balaban J connectivity index is 0.00000169. The summed E-state index contributed by atoms with van der Waals surface area (Å²) >= 11 is 0. The van der Waals surface area contributed by atoms with Crippen LogP contribution in [-0.2, 0) is 0 Å².